The predicted octanol–water partition coefficient (Wildman–Crippen LogP) is 0.939. The molecule has 2 fully saturated rings. The molecule has 0 bridgehead atoms. The normalized spacial score (nSPS) is 39.3. The average Bonchev–Trinajstić information content (AvgIpc) is 3.11. The number of rotatable bonds is 3. The van der Waals surface area contributed by atoms with Gasteiger partial charge in [-0.1, -0.05) is 6.92 Å². The Balaban J connectivity index is 1.89. The van der Waals surface area contributed by atoms with Crippen LogP contribution < -0.4 is 5.32 Å². The largest absolute Gasteiger partial charge is 0.466 e. The van der Waals surface area contributed by atoms with Gasteiger partial charge in [0, 0.05) is 13.0 Å². The van der Waals surface area contributed by atoms with Crippen molar-refractivity contribution < 1.29 is 28.5 Å². The summed E-state index contributed by atoms with van der Waals surface area (Å²) in [7, 11) is 2.83. The van der Waals surface area contributed by atoms with Gasteiger partial charge in [-0.05, 0) is 12.8 Å². The molecule has 0 spiro atoms. The Kier molecular flexibility index (Phi) is 3.32. The van der Waals surface area contributed by atoms with Gasteiger partial charge in [-0.15, -0.1) is 0 Å². The van der Waals surface area contributed by atoms with Crippen molar-refractivity contribution in [3.05, 3.63) is 11.8 Å². The second-order valence-electron chi connectivity index (χ2n) is 5.51. The van der Waals surface area contributed by atoms with Gasteiger partial charge in [-0.2, -0.15) is 0 Å². The minimum Gasteiger partial charge on any atom is -0.466 e. The van der Waals surface area contributed by atoms with Crippen molar-refractivity contribution in [3.63, 3.8) is 0 Å². The van der Waals surface area contributed by atoms with Gasteiger partial charge in [0.25, 0.3) is 6.29 Å². The van der Waals surface area contributed by atoms with Crippen LogP contribution in [-0.2, 0) is 23.7 Å². The molecule has 3 rings (SSSR count). The molecular weight excluding hydrogens is 278 g/mol. The Labute approximate surface area is 122 Å². The summed E-state index contributed by atoms with van der Waals surface area (Å²) in [4.78, 5) is 23.4. The molecule has 1 aliphatic carbocycles. The fourth-order valence-corrected chi connectivity index (χ4v) is 3.67. The first-order valence-electron chi connectivity index (χ1n) is 7.07. The molecule has 0 aromatic rings. The molecule has 1 amide bonds. The van der Waals surface area contributed by atoms with E-state index in [4.69, 9.17) is 18.9 Å². The molecule has 7 heteroatoms. The Morgan fingerprint density at radius 2 is 2.29 bits per heavy atom. The summed E-state index contributed by atoms with van der Waals surface area (Å²) in [5.41, 5.74) is 0.125. The Bertz CT molecular complexity index is 500. The Hall–Kier alpha value is -1.76. The van der Waals surface area contributed by atoms with Gasteiger partial charge in [0.2, 0.25) is 0 Å². The van der Waals surface area contributed by atoms with E-state index in [0.717, 1.165) is 12.8 Å². The van der Waals surface area contributed by atoms with Gasteiger partial charge < -0.3 is 24.3 Å². The molecule has 5 atom stereocenters. The number of alkyl carbamates (subject to hydrolysis) is 1. The second-order valence-corrected chi connectivity index (χ2v) is 5.51. The number of fused-ring (bicyclic) bond motifs is 3. The van der Waals surface area contributed by atoms with Crippen molar-refractivity contribution in [1.29, 1.82) is 0 Å². The summed E-state index contributed by atoms with van der Waals surface area (Å²) in [5.74, 6) is -0.667. The number of nitrogens with one attached hydrogen (secondary N) is 1. The third kappa shape index (κ3) is 1.98. The fraction of sp³-hybridized carbons (Fsp3) is 0.714. The van der Waals surface area contributed by atoms with Crippen LogP contribution in [0.25, 0.3) is 0 Å². The van der Waals surface area contributed by atoms with Crippen molar-refractivity contribution in [2.45, 2.75) is 37.8 Å². The number of esters is 1. The third-order valence-electron chi connectivity index (χ3n) is 4.74. The van der Waals surface area contributed by atoms with E-state index in [0.29, 0.717) is 5.57 Å². The van der Waals surface area contributed by atoms with Crippen LogP contribution in [0.5, 0.6) is 0 Å². The van der Waals surface area contributed by atoms with Gasteiger partial charge in [-0.3, -0.25) is 0 Å². The molecule has 2 aliphatic heterocycles. The number of methoxy groups -OCH3 is 1. The molecule has 1 saturated carbocycles. The molecule has 116 valence electrons. The Morgan fingerprint density at radius 3 is 2.90 bits per heavy atom. The number of epoxide rings is 1. The van der Waals surface area contributed by atoms with Crippen LogP contribution in [-0.4, -0.2) is 44.2 Å². The summed E-state index contributed by atoms with van der Waals surface area (Å²) < 4.78 is 21.4. The maximum Gasteiger partial charge on any atom is 0.409 e. The van der Waals surface area contributed by atoms with Crippen molar-refractivity contribution in [1.82, 2.24) is 5.32 Å². The zero-order valence-electron chi connectivity index (χ0n) is 12.3. The first-order chi connectivity index (χ1) is 10.1. The quantitative estimate of drug-likeness (QED) is 0.616. The van der Waals surface area contributed by atoms with Gasteiger partial charge in [0.05, 0.1) is 31.0 Å². The maximum absolute atomic E-state index is 11.9. The lowest BCUT2D eigenvalue weighted by atomic mass is 9.80. The lowest BCUT2D eigenvalue weighted by molar-refractivity contribution is -0.151. The van der Waals surface area contributed by atoms with E-state index < -0.39 is 18.4 Å². The summed E-state index contributed by atoms with van der Waals surface area (Å²) >= 11 is 0. The molecular formula is C14H19NO6. The lowest BCUT2D eigenvalue weighted by Gasteiger charge is -2.36. The number of carbonyl (C=O) groups is 2. The van der Waals surface area contributed by atoms with E-state index in [9.17, 15) is 9.59 Å². The van der Waals surface area contributed by atoms with Crippen LogP contribution in [0.15, 0.2) is 11.8 Å². The van der Waals surface area contributed by atoms with Crippen molar-refractivity contribution >= 4 is 12.1 Å². The van der Waals surface area contributed by atoms with Crippen LogP contribution in [0, 0.1) is 11.8 Å². The molecule has 0 radical (unpaired) electrons. The molecule has 5 unspecified atom stereocenters. The number of ether oxygens (including phenoxy) is 4. The molecule has 1 saturated heterocycles. The van der Waals surface area contributed by atoms with Crippen molar-refractivity contribution in [3.8, 4) is 0 Å². The van der Waals surface area contributed by atoms with Crippen molar-refractivity contribution in [2.75, 3.05) is 14.2 Å². The second kappa shape index (κ2) is 4.91. The highest BCUT2D eigenvalue weighted by atomic mass is 16.7. The van der Waals surface area contributed by atoms with Gasteiger partial charge in [-0.25, -0.2) is 9.59 Å². The summed E-state index contributed by atoms with van der Waals surface area (Å²) in [6.07, 6.45) is 1.62. The highest BCUT2D eigenvalue weighted by molar-refractivity contribution is 5.89. The van der Waals surface area contributed by atoms with E-state index >= 15 is 0 Å². The first kappa shape index (κ1) is 14.2. The zero-order valence-corrected chi connectivity index (χ0v) is 12.3. The highest BCUT2D eigenvalue weighted by Gasteiger charge is 2.72. The number of carbonyl (C=O) groups excluding carboxylic acids is 2. The monoisotopic (exact) mass is 297 g/mol. The van der Waals surface area contributed by atoms with Crippen LogP contribution in [0.4, 0.5) is 4.79 Å². The number of hydrogen-bond donors (Lipinski definition) is 1. The lowest BCUT2D eigenvalue weighted by Crippen LogP contribution is -2.45. The van der Waals surface area contributed by atoms with E-state index in [2.05, 4.69) is 5.32 Å². The van der Waals surface area contributed by atoms with Crippen LogP contribution in [0.2, 0.25) is 0 Å². The highest BCUT2D eigenvalue weighted by Crippen LogP contribution is 2.62. The molecule has 0 aromatic carbocycles. The standard InChI is InChI=1S/C14H19NO6/c1-4-14-9(21-14)5-7-8(11(16)18-3)6-19-12(10(7)14)20-13(17)15-2/h6-7,9-10,12H,4-5H2,1-3H3,(H,15,17). The predicted molar refractivity (Wildman–Crippen MR) is 70.0 cm³/mol. The van der Waals surface area contributed by atoms with Crippen LogP contribution in [0.3, 0.4) is 0 Å². The average molecular weight is 297 g/mol. The third-order valence-corrected chi connectivity index (χ3v) is 4.74. The van der Waals surface area contributed by atoms with Crippen molar-refractivity contribution in [2.24, 2.45) is 11.8 Å². The van der Waals surface area contributed by atoms with Gasteiger partial charge in [0.15, 0.2) is 0 Å². The molecule has 3 aliphatic rings. The zero-order chi connectivity index (χ0) is 15.2. The number of hydrogen-bond acceptors (Lipinski definition) is 6. The SMILES string of the molecule is CCC12OC1CC1C(C(=O)OC)=COC(OC(=O)NC)C12. The molecule has 0 aromatic heterocycles. The minimum atomic E-state index is -0.754. The smallest absolute Gasteiger partial charge is 0.409 e. The van der Waals surface area contributed by atoms with Gasteiger partial charge >= 0.3 is 12.1 Å². The molecule has 7 nitrogen and oxygen atoms in total. The minimum absolute atomic E-state index is 0.0699. The molecule has 21 heavy (non-hydrogen) atoms. The summed E-state index contributed by atoms with van der Waals surface area (Å²) in [5, 5.41) is 2.40. The fourth-order valence-electron chi connectivity index (χ4n) is 3.67. The Morgan fingerprint density at radius 1 is 1.52 bits per heavy atom. The number of amides is 1. The summed E-state index contributed by atoms with van der Waals surface area (Å²) in [6, 6.07) is 0. The van der Waals surface area contributed by atoms with E-state index in [-0.39, 0.29) is 23.5 Å². The van der Waals surface area contributed by atoms with Crippen LogP contribution in [0.1, 0.15) is 19.8 Å². The maximum atomic E-state index is 11.9. The topological polar surface area (TPSA) is 86.4 Å². The van der Waals surface area contributed by atoms with E-state index in [1.807, 2.05) is 6.92 Å². The van der Waals surface area contributed by atoms with E-state index in [1.165, 1.54) is 20.4 Å². The molecule has 1 N–H and O–H groups in total. The first-order valence-corrected chi connectivity index (χ1v) is 7.07. The van der Waals surface area contributed by atoms with Crippen LogP contribution >= 0.6 is 0 Å². The van der Waals surface area contributed by atoms with E-state index in [1.54, 1.807) is 0 Å². The van der Waals surface area contributed by atoms with Gasteiger partial charge in [0.1, 0.15) is 5.60 Å². The summed E-state index contributed by atoms with van der Waals surface area (Å²) in [6.45, 7) is 2.02. The molecule has 2 heterocycles.